The molecule has 0 fully saturated rings. The largest absolute Gasteiger partial charge is 0.467 e. The smallest absolute Gasteiger partial charge is 0.308 e. The highest BCUT2D eigenvalue weighted by Gasteiger charge is 2.20. The summed E-state index contributed by atoms with van der Waals surface area (Å²) >= 11 is 0.990. The molecule has 3 aromatic carbocycles. The van der Waals surface area contributed by atoms with Gasteiger partial charge in [-0.15, -0.1) is 0 Å². The van der Waals surface area contributed by atoms with Crippen LogP contribution in [0.25, 0.3) is 10.2 Å². The summed E-state index contributed by atoms with van der Waals surface area (Å²) in [6.45, 7) is 0.562. The quantitative estimate of drug-likeness (QED) is 0.315. The van der Waals surface area contributed by atoms with E-state index in [1.54, 1.807) is 34.9 Å². The number of carbonyl (C=O) groups is 1. The Morgan fingerprint density at radius 1 is 0.944 bits per heavy atom. The average Bonchev–Trinajstić information content (AvgIpc) is 3.51. The lowest BCUT2D eigenvalue weighted by molar-refractivity contribution is 0.0949. The highest BCUT2D eigenvalue weighted by molar-refractivity contribution is 7.92. The van der Waals surface area contributed by atoms with E-state index < -0.39 is 15.9 Å². The zero-order chi connectivity index (χ0) is 25.1. The lowest BCUT2D eigenvalue weighted by atomic mass is 10.1. The standard InChI is InChI=1S/C26H21N3O5S2/c30-25(27-16-19-9-6-14-34-19)21-10-4-5-11-22(21)28-36(32,33)20-12-13-23-24(15-20)35-26(31)29(23)17-18-7-2-1-3-8-18/h1-15,28H,16-17H2,(H,27,30). The topological polar surface area (TPSA) is 110 Å². The van der Waals surface area contributed by atoms with Crippen molar-refractivity contribution in [1.29, 1.82) is 0 Å². The molecule has 10 heteroatoms. The van der Waals surface area contributed by atoms with Crippen LogP contribution in [0.5, 0.6) is 0 Å². The predicted octanol–water partition coefficient (Wildman–Crippen LogP) is 4.44. The van der Waals surface area contributed by atoms with E-state index in [9.17, 15) is 18.0 Å². The van der Waals surface area contributed by atoms with E-state index in [-0.39, 0.29) is 27.6 Å². The molecule has 0 aliphatic carbocycles. The van der Waals surface area contributed by atoms with Crippen molar-refractivity contribution in [3.63, 3.8) is 0 Å². The Morgan fingerprint density at radius 2 is 1.72 bits per heavy atom. The van der Waals surface area contributed by atoms with Crippen LogP contribution in [0.4, 0.5) is 5.69 Å². The Balaban J connectivity index is 1.40. The zero-order valence-electron chi connectivity index (χ0n) is 18.9. The number of aromatic nitrogens is 1. The minimum atomic E-state index is -4.03. The van der Waals surface area contributed by atoms with Gasteiger partial charge in [0.25, 0.3) is 15.9 Å². The number of hydrogen-bond donors (Lipinski definition) is 2. The third-order valence-electron chi connectivity index (χ3n) is 5.55. The van der Waals surface area contributed by atoms with Gasteiger partial charge in [0.1, 0.15) is 5.76 Å². The van der Waals surface area contributed by atoms with Crippen molar-refractivity contribution in [2.45, 2.75) is 18.0 Å². The normalized spacial score (nSPS) is 11.4. The van der Waals surface area contributed by atoms with Crippen LogP contribution in [0.2, 0.25) is 0 Å². The lowest BCUT2D eigenvalue weighted by Gasteiger charge is -2.13. The maximum atomic E-state index is 13.2. The summed E-state index contributed by atoms with van der Waals surface area (Å²) in [4.78, 5) is 25.2. The predicted molar refractivity (Wildman–Crippen MR) is 139 cm³/mol. The zero-order valence-corrected chi connectivity index (χ0v) is 20.5. The van der Waals surface area contributed by atoms with Gasteiger partial charge in [-0.05, 0) is 48.0 Å². The fourth-order valence-corrected chi connectivity index (χ4v) is 5.89. The Labute approximate surface area is 210 Å². The molecule has 8 nitrogen and oxygen atoms in total. The minimum absolute atomic E-state index is 0.00564. The molecule has 0 spiro atoms. The van der Waals surface area contributed by atoms with Crippen molar-refractivity contribution in [3.8, 4) is 0 Å². The molecular weight excluding hydrogens is 498 g/mol. The first-order valence-corrected chi connectivity index (χ1v) is 13.3. The third-order valence-corrected chi connectivity index (χ3v) is 7.86. The minimum Gasteiger partial charge on any atom is -0.467 e. The summed E-state index contributed by atoms with van der Waals surface area (Å²) in [7, 11) is -4.03. The molecule has 0 aliphatic heterocycles. The Kier molecular flexibility index (Phi) is 6.45. The molecule has 0 radical (unpaired) electrons. The van der Waals surface area contributed by atoms with Crippen LogP contribution < -0.4 is 14.9 Å². The van der Waals surface area contributed by atoms with Crippen molar-refractivity contribution in [2.24, 2.45) is 0 Å². The number of thiazole rings is 1. The second kappa shape index (κ2) is 9.84. The molecule has 36 heavy (non-hydrogen) atoms. The first-order valence-electron chi connectivity index (χ1n) is 11.0. The van der Waals surface area contributed by atoms with Crippen molar-refractivity contribution >= 4 is 43.2 Å². The molecule has 182 valence electrons. The molecule has 0 unspecified atom stereocenters. The van der Waals surface area contributed by atoms with E-state index in [2.05, 4.69) is 10.0 Å². The monoisotopic (exact) mass is 519 g/mol. The number of benzene rings is 3. The molecule has 0 saturated carbocycles. The lowest BCUT2D eigenvalue weighted by Crippen LogP contribution is -2.24. The van der Waals surface area contributed by atoms with Crippen LogP contribution >= 0.6 is 11.3 Å². The summed E-state index contributed by atoms with van der Waals surface area (Å²) in [6, 6.07) is 23.9. The highest BCUT2D eigenvalue weighted by atomic mass is 32.2. The number of sulfonamides is 1. The van der Waals surface area contributed by atoms with E-state index in [1.807, 2.05) is 30.3 Å². The molecule has 2 N–H and O–H groups in total. The van der Waals surface area contributed by atoms with Crippen molar-refractivity contribution in [1.82, 2.24) is 9.88 Å². The Hall–Kier alpha value is -4.15. The number of fused-ring (bicyclic) bond motifs is 1. The first-order chi connectivity index (χ1) is 17.4. The van der Waals surface area contributed by atoms with Gasteiger partial charge in [0, 0.05) is 0 Å². The Morgan fingerprint density at radius 3 is 2.50 bits per heavy atom. The van der Waals surface area contributed by atoms with Crippen LogP contribution in [0.1, 0.15) is 21.7 Å². The SMILES string of the molecule is O=C(NCc1ccco1)c1ccccc1NS(=O)(=O)c1ccc2c(c1)sc(=O)n2Cc1ccccc1. The van der Waals surface area contributed by atoms with Crippen LogP contribution in [-0.2, 0) is 23.1 Å². The summed E-state index contributed by atoms with van der Waals surface area (Å²) < 4.78 is 36.3. The summed E-state index contributed by atoms with van der Waals surface area (Å²) in [5.41, 5.74) is 1.95. The van der Waals surface area contributed by atoms with Gasteiger partial charge < -0.3 is 9.73 Å². The van der Waals surface area contributed by atoms with Gasteiger partial charge >= 0.3 is 4.87 Å². The molecule has 5 rings (SSSR count). The van der Waals surface area contributed by atoms with Gasteiger partial charge in [-0.3, -0.25) is 18.9 Å². The molecule has 5 aromatic rings. The fraction of sp³-hybridized carbons (Fsp3) is 0.0769. The van der Waals surface area contributed by atoms with Crippen molar-refractivity contribution in [2.75, 3.05) is 4.72 Å². The van der Waals surface area contributed by atoms with Gasteiger partial charge in [0.2, 0.25) is 0 Å². The van der Waals surface area contributed by atoms with Crippen molar-refractivity contribution in [3.05, 3.63) is 118 Å². The molecule has 0 bridgehead atoms. The number of hydrogen-bond acceptors (Lipinski definition) is 6. The van der Waals surface area contributed by atoms with E-state index in [1.165, 1.54) is 30.5 Å². The van der Waals surface area contributed by atoms with E-state index >= 15 is 0 Å². The average molecular weight is 520 g/mol. The number of anilines is 1. The highest BCUT2D eigenvalue weighted by Crippen LogP contribution is 2.25. The fourth-order valence-electron chi connectivity index (χ4n) is 3.78. The number of nitrogens with one attached hydrogen (secondary N) is 2. The molecule has 2 heterocycles. The number of furan rings is 1. The number of amides is 1. The number of rotatable bonds is 8. The maximum absolute atomic E-state index is 13.2. The van der Waals surface area contributed by atoms with Gasteiger partial charge in [0.15, 0.2) is 0 Å². The number of nitrogens with zero attached hydrogens (tertiary/aromatic N) is 1. The van der Waals surface area contributed by atoms with Gasteiger partial charge in [0.05, 0.1) is 45.7 Å². The first kappa shape index (κ1) is 23.6. The number of para-hydroxylation sites is 1. The summed E-state index contributed by atoms with van der Waals surface area (Å²) in [6.07, 6.45) is 1.51. The van der Waals surface area contributed by atoms with Gasteiger partial charge in [-0.1, -0.05) is 53.8 Å². The van der Waals surface area contributed by atoms with Crippen LogP contribution in [-0.4, -0.2) is 18.9 Å². The van der Waals surface area contributed by atoms with E-state index in [0.29, 0.717) is 22.5 Å². The second-order valence-corrected chi connectivity index (χ2v) is 10.7. The van der Waals surface area contributed by atoms with Crippen molar-refractivity contribution < 1.29 is 17.6 Å². The van der Waals surface area contributed by atoms with Crippen LogP contribution in [0.3, 0.4) is 0 Å². The van der Waals surface area contributed by atoms with Crippen LogP contribution in [0, 0.1) is 0 Å². The molecule has 0 aliphatic rings. The molecule has 0 saturated heterocycles. The maximum Gasteiger partial charge on any atom is 0.308 e. The molecule has 2 aromatic heterocycles. The van der Waals surface area contributed by atoms with Gasteiger partial charge in [-0.2, -0.15) is 0 Å². The third kappa shape index (κ3) is 4.95. The summed E-state index contributed by atoms with van der Waals surface area (Å²) in [5, 5.41) is 2.72. The number of carbonyl (C=O) groups excluding carboxylic acids is 1. The van der Waals surface area contributed by atoms with E-state index in [4.69, 9.17) is 4.42 Å². The second-order valence-electron chi connectivity index (χ2n) is 7.98. The van der Waals surface area contributed by atoms with Gasteiger partial charge in [-0.25, -0.2) is 8.42 Å². The molecule has 1 amide bonds. The Bertz CT molecular complexity index is 1690. The van der Waals surface area contributed by atoms with E-state index in [0.717, 1.165) is 16.9 Å². The molecular formula is C26H21N3O5S2. The molecule has 0 atom stereocenters. The summed E-state index contributed by atoms with van der Waals surface area (Å²) in [5.74, 6) is 0.129. The van der Waals surface area contributed by atoms with Crippen LogP contribution in [0.15, 0.2) is 105 Å².